The summed E-state index contributed by atoms with van der Waals surface area (Å²) in [5.41, 5.74) is 2.77. The molecule has 168 valence electrons. The largest absolute Gasteiger partial charge is 0.377 e. The van der Waals surface area contributed by atoms with Crippen molar-refractivity contribution in [3.05, 3.63) is 47.5 Å². The molecule has 2 fully saturated rings. The first-order valence-electron chi connectivity index (χ1n) is 12.7. The third-order valence-electron chi connectivity index (χ3n) is 7.54. The maximum atomic E-state index is 12.2. The number of hydrogen-bond donors (Lipinski definition) is 0. The monoisotopic (exact) mass is 414 g/mol. The lowest BCUT2D eigenvalue weighted by Crippen LogP contribution is -2.25. The molecule has 30 heavy (non-hydrogen) atoms. The average molecular weight is 415 g/mol. The van der Waals surface area contributed by atoms with E-state index in [9.17, 15) is 4.39 Å². The van der Waals surface area contributed by atoms with Crippen LogP contribution in [0.2, 0.25) is 0 Å². The molecule has 1 aromatic rings. The Morgan fingerprint density at radius 1 is 0.900 bits per heavy atom. The van der Waals surface area contributed by atoms with Crippen molar-refractivity contribution in [2.75, 3.05) is 13.3 Å². The summed E-state index contributed by atoms with van der Waals surface area (Å²) in [5, 5.41) is 0. The standard InChI is InChI=1S/C28H43FO/c1-2-21-30-22-26-10-8-24(9-11-26)6-7-25-14-18-28(19-15-25)27-16-12-23(13-17-27)5-3-4-20-29/h3,5,8-11,23,25,27-28H,2,4,6-7,12-22H2,1H3/b5-3+/t23-,25?,27-,28?. The Labute approximate surface area is 184 Å². The van der Waals surface area contributed by atoms with Crippen LogP contribution in [0.5, 0.6) is 0 Å². The van der Waals surface area contributed by atoms with Crippen molar-refractivity contribution in [3.8, 4) is 0 Å². The first-order chi connectivity index (χ1) is 14.8. The smallest absolute Gasteiger partial charge is 0.0928 e. The first-order valence-corrected chi connectivity index (χ1v) is 12.7. The van der Waals surface area contributed by atoms with E-state index in [0.29, 0.717) is 12.3 Å². The molecular weight excluding hydrogens is 371 g/mol. The van der Waals surface area contributed by atoms with Crippen LogP contribution in [0.15, 0.2) is 36.4 Å². The highest BCUT2D eigenvalue weighted by atomic mass is 19.1. The molecule has 0 atom stereocenters. The predicted octanol–water partition coefficient (Wildman–Crippen LogP) is 8.07. The molecule has 0 aromatic heterocycles. The van der Waals surface area contributed by atoms with E-state index in [1.165, 1.54) is 75.3 Å². The van der Waals surface area contributed by atoms with E-state index in [1.54, 1.807) is 0 Å². The van der Waals surface area contributed by atoms with Gasteiger partial charge < -0.3 is 4.74 Å². The summed E-state index contributed by atoms with van der Waals surface area (Å²) < 4.78 is 17.9. The molecule has 0 saturated heterocycles. The van der Waals surface area contributed by atoms with E-state index < -0.39 is 0 Å². The summed E-state index contributed by atoms with van der Waals surface area (Å²) >= 11 is 0. The van der Waals surface area contributed by atoms with E-state index in [1.807, 2.05) is 0 Å². The lowest BCUT2D eigenvalue weighted by Gasteiger charge is -2.37. The van der Waals surface area contributed by atoms with Crippen LogP contribution in [0.3, 0.4) is 0 Å². The summed E-state index contributed by atoms with van der Waals surface area (Å²) in [7, 11) is 0. The van der Waals surface area contributed by atoms with Gasteiger partial charge in [0.15, 0.2) is 0 Å². The number of allylic oxidation sites excluding steroid dienone is 2. The van der Waals surface area contributed by atoms with Gasteiger partial charge in [-0.2, -0.15) is 0 Å². The fraction of sp³-hybridized carbons (Fsp3) is 0.714. The van der Waals surface area contributed by atoms with Gasteiger partial charge in [0, 0.05) is 6.61 Å². The van der Waals surface area contributed by atoms with Gasteiger partial charge in [0.25, 0.3) is 0 Å². The maximum Gasteiger partial charge on any atom is 0.0928 e. The van der Waals surface area contributed by atoms with Gasteiger partial charge in [-0.3, -0.25) is 4.39 Å². The normalized spacial score (nSPS) is 27.5. The number of hydrogen-bond acceptors (Lipinski definition) is 1. The Bertz CT molecular complexity index is 592. The van der Waals surface area contributed by atoms with E-state index in [-0.39, 0.29) is 6.67 Å². The second kappa shape index (κ2) is 13.3. The minimum atomic E-state index is -0.214. The van der Waals surface area contributed by atoms with Crippen LogP contribution in [0.25, 0.3) is 0 Å². The van der Waals surface area contributed by atoms with E-state index in [0.717, 1.165) is 37.4 Å². The van der Waals surface area contributed by atoms with Gasteiger partial charge in [0.2, 0.25) is 0 Å². The van der Waals surface area contributed by atoms with Gasteiger partial charge in [-0.25, -0.2) is 0 Å². The molecule has 0 aliphatic heterocycles. The summed E-state index contributed by atoms with van der Waals surface area (Å²) in [6.45, 7) is 3.53. The van der Waals surface area contributed by atoms with Gasteiger partial charge in [0.05, 0.1) is 13.3 Å². The van der Waals surface area contributed by atoms with Crippen molar-refractivity contribution >= 4 is 0 Å². The lowest BCUT2D eigenvalue weighted by molar-refractivity contribution is 0.121. The molecule has 0 bridgehead atoms. The highest BCUT2D eigenvalue weighted by Gasteiger charge is 2.30. The predicted molar refractivity (Wildman–Crippen MR) is 125 cm³/mol. The van der Waals surface area contributed by atoms with Gasteiger partial charge >= 0.3 is 0 Å². The molecule has 2 heteroatoms. The highest BCUT2D eigenvalue weighted by molar-refractivity contribution is 5.22. The molecule has 3 rings (SSSR count). The van der Waals surface area contributed by atoms with E-state index in [4.69, 9.17) is 4.74 Å². The molecule has 0 amide bonds. The Balaban J connectivity index is 1.31. The molecular formula is C28H43FO. The zero-order valence-electron chi connectivity index (χ0n) is 19.2. The van der Waals surface area contributed by atoms with Crippen LogP contribution in [0.1, 0.15) is 88.7 Å². The van der Waals surface area contributed by atoms with Gasteiger partial charge in [-0.05, 0) is 99.0 Å². The van der Waals surface area contributed by atoms with E-state index >= 15 is 0 Å². The Morgan fingerprint density at radius 3 is 2.17 bits per heavy atom. The van der Waals surface area contributed by atoms with Crippen LogP contribution in [0.4, 0.5) is 4.39 Å². The highest BCUT2D eigenvalue weighted by Crippen LogP contribution is 2.42. The van der Waals surface area contributed by atoms with Crippen LogP contribution < -0.4 is 0 Å². The van der Waals surface area contributed by atoms with Crippen molar-refractivity contribution in [3.63, 3.8) is 0 Å². The summed E-state index contributed by atoms with van der Waals surface area (Å²) in [4.78, 5) is 0. The third kappa shape index (κ3) is 7.84. The van der Waals surface area contributed by atoms with Crippen LogP contribution in [-0.4, -0.2) is 13.3 Å². The van der Waals surface area contributed by atoms with Crippen molar-refractivity contribution in [1.82, 2.24) is 0 Å². The van der Waals surface area contributed by atoms with Crippen LogP contribution in [-0.2, 0) is 17.8 Å². The minimum absolute atomic E-state index is 0.214. The Kier molecular flexibility index (Phi) is 10.4. The molecule has 2 saturated carbocycles. The molecule has 0 radical (unpaired) electrons. The zero-order valence-corrected chi connectivity index (χ0v) is 19.2. The maximum absolute atomic E-state index is 12.2. The molecule has 0 N–H and O–H groups in total. The van der Waals surface area contributed by atoms with Crippen LogP contribution in [0, 0.1) is 23.7 Å². The summed E-state index contributed by atoms with van der Waals surface area (Å²) in [6.07, 6.45) is 19.8. The van der Waals surface area contributed by atoms with Crippen molar-refractivity contribution in [2.45, 2.75) is 90.6 Å². The first kappa shape index (κ1) is 23.5. The quantitative estimate of drug-likeness (QED) is 0.263. The molecule has 0 spiro atoms. The average Bonchev–Trinajstić information content (AvgIpc) is 2.80. The SMILES string of the molecule is CCCOCc1ccc(CCC2CCC([C@H]3CC[C@H](/C=C/CCF)CC3)CC2)cc1. The Morgan fingerprint density at radius 2 is 1.53 bits per heavy atom. The van der Waals surface area contributed by atoms with Gasteiger partial charge in [0.1, 0.15) is 0 Å². The number of rotatable bonds is 11. The second-order valence-corrected chi connectivity index (χ2v) is 9.77. The third-order valence-corrected chi connectivity index (χ3v) is 7.54. The van der Waals surface area contributed by atoms with E-state index in [2.05, 4.69) is 43.3 Å². The number of halogens is 1. The van der Waals surface area contributed by atoms with Gasteiger partial charge in [-0.1, -0.05) is 56.2 Å². The van der Waals surface area contributed by atoms with Crippen molar-refractivity contribution in [1.29, 1.82) is 0 Å². The zero-order chi connectivity index (χ0) is 21.0. The number of ether oxygens (including phenoxy) is 1. The molecule has 2 aliphatic carbocycles. The topological polar surface area (TPSA) is 9.23 Å². The summed E-state index contributed by atoms with van der Waals surface area (Å²) in [5.74, 6) is 3.57. The fourth-order valence-electron chi connectivity index (χ4n) is 5.62. The number of alkyl halides is 1. The van der Waals surface area contributed by atoms with Crippen molar-refractivity contribution in [2.24, 2.45) is 23.7 Å². The number of benzene rings is 1. The molecule has 1 nitrogen and oxygen atoms in total. The molecule has 2 aliphatic rings. The summed E-state index contributed by atoms with van der Waals surface area (Å²) in [6, 6.07) is 9.09. The van der Waals surface area contributed by atoms with Crippen molar-refractivity contribution < 1.29 is 9.13 Å². The lowest BCUT2D eigenvalue weighted by atomic mass is 9.68. The van der Waals surface area contributed by atoms with Crippen LogP contribution >= 0.6 is 0 Å². The minimum Gasteiger partial charge on any atom is -0.377 e. The Hall–Kier alpha value is -1.15. The van der Waals surface area contributed by atoms with Gasteiger partial charge in [-0.15, -0.1) is 0 Å². The molecule has 1 aromatic carbocycles. The molecule has 0 unspecified atom stereocenters. The number of aryl methyl sites for hydroxylation is 1. The fourth-order valence-corrected chi connectivity index (χ4v) is 5.62. The molecule has 0 heterocycles. The second-order valence-electron chi connectivity index (χ2n) is 9.77.